The molecule has 8 heteroatoms. The third kappa shape index (κ3) is 4.67. The summed E-state index contributed by atoms with van der Waals surface area (Å²) in [7, 11) is 0. The van der Waals surface area contributed by atoms with E-state index in [0.29, 0.717) is 48.0 Å². The molecule has 0 spiro atoms. The molecule has 0 saturated heterocycles. The Labute approximate surface area is 166 Å². The Morgan fingerprint density at radius 3 is 2.83 bits per heavy atom. The lowest BCUT2D eigenvalue weighted by molar-refractivity contribution is 0.473. The minimum absolute atomic E-state index is 0.201. The predicted molar refractivity (Wildman–Crippen MR) is 107 cm³/mol. The maximum atomic E-state index is 13.8. The van der Waals surface area contributed by atoms with Gasteiger partial charge >= 0.3 is 0 Å². The number of anilines is 1. The molecule has 3 aromatic heterocycles. The first kappa shape index (κ1) is 18.8. The van der Waals surface area contributed by atoms with Crippen molar-refractivity contribution in [2.45, 2.75) is 19.5 Å². The van der Waals surface area contributed by atoms with E-state index in [-0.39, 0.29) is 18.1 Å². The lowest BCUT2D eigenvalue weighted by atomic mass is 10.2. The Morgan fingerprint density at radius 1 is 1.03 bits per heavy atom. The van der Waals surface area contributed by atoms with Crippen LogP contribution < -0.4 is 10.6 Å². The number of aromatic hydroxyl groups is 1. The molecule has 0 saturated carbocycles. The Kier molecular flexibility index (Phi) is 5.62. The third-order valence-corrected chi connectivity index (χ3v) is 4.36. The molecule has 0 atom stereocenters. The SMILES string of the molecule is Oc1cccc(CNCCc2nc3c(NCc4ncccc4F)nccc3o2)c1. The van der Waals surface area contributed by atoms with Crippen LogP contribution in [0.25, 0.3) is 11.1 Å². The minimum Gasteiger partial charge on any atom is -0.508 e. The Hall–Kier alpha value is -3.52. The van der Waals surface area contributed by atoms with Crippen LogP contribution in [0.3, 0.4) is 0 Å². The second-order valence-electron chi connectivity index (χ2n) is 6.50. The lowest BCUT2D eigenvalue weighted by Crippen LogP contribution is -2.16. The smallest absolute Gasteiger partial charge is 0.196 e. The van der Waals surface area contributed by atoms with Crippen LogP contribution in [-0.4, -0.2) is 26.6 Å². The molecule has 7 nitrogen and oxygen atoms in total. The molecule has 0 unspecified atom stereocenters. The molecule has 1 aromatic carbocycles. The molecule has 29 heavy (non-hydrogen) atoms. The first-order chi connectivity index (χ1) is 14.2. The van der Waals surface area contributed by atoms with Crippen molar-refractivity contribution in [1.29, 1.82) is 0 Å². The number of nitrogens with zero attached hydrogens (tertiary/aromatic N) is 3. The van der Waals surface area contributed by atoms with Crippen molar-refractivity contribution in [2.24, 2.45) is 0 Å². The van der Waals surface area contributed by atoms with Crippen molar-refractivity contribution in [2.75, 3.05) is 11.9 Å². The molecule has 0 aliphatic rings. The number of halogens is 1. The van der Waals surface area contributed by atoms with Crippen LogP contribution in [0.5, 0.6) is 5.75 Å². The van der Waals surface area contributed by atoms with E-state index in [1.165, 1.54) is 6.07 Å². The van der Waals surface area contributed by atoms with Gasteiger partial charge in [0.15, 0.2) is 22.8 Å². The first-order valence-electron chi connectivity index (χ1n) is 9.25. The molecule has 0 aliphatic carbocycles. The summed E-state index contributed by atoms with van der Waals surface area (Å²) in [6, 6.07) is 11.8. The van der Waals surface area contributed by atoms with Gasteiger partial charge in [0.2, 0.25) is 0 Å². The molecule has 0 bridgehead atoms. The molecule has 3 heterocycles. The van der Waals surface area contributed by atoms with Gasteiger partial charge in [0.1, 0.15) is 11.6 Å². The fraction of sp³-hybridized carbons (Fsp3) is 0.190. The van der Waals surface area contributed by atoms with Crippen LogP contribution in [-0.2, 0) is 19.5 Å². The van der Waals surface area contributed by atoms with Crippen molar-refractivity contribution in [3.05, 3.63) is 77.8 Å². The average molecular weight is 393 g/mol. The maximum absolute atomic E-state index is 13.8. The van der Waals surface area contributed by atoms with Crippen molar-refractivity contribution < 1.29 is 13.9 Å². The minimum atomic E-state index is -0.370. The van der Waals surface area contributed by atoms with Crippen molar-refractivity contribution in [3.8, 4) is 5.75 Å². The molecule has 0 fully saturated rings. The van der Waals surface area contributed by atoms with Gasteiger partial charge in [0.25, 0.3) is 0 Å². The van der Waals surface area contributed by atoms with Gasteiger partial charge in [-0.15, -0.1) is 0 Å². The summed E-state index contributed by atoms with van der Waals surface area (Å²) in [5.74, 6) is 0.992. The summed E-state index contributed by atoms with van der Waals surface area (Å²) in [6.07, 6.45) is 3.77. The molecule has 4 aromatic rings. The Bertz CT molecular complexity index is 1120. The molecule has 4 rings (SSSR count). The van der Waals surface area contributed by atoms with Crippen LogP contribution in [0.1, 0.15) is 17.1 Å². The number of nitrogens with one attached hydrogen (secondary N) is 2. The molecule has 0 radical (unpaired) electrons. The Balaban J connectivity index is 1.37. The monoisotopic (exact) mass is 393 g/mol. The Morgan fingerprint density at radius 2 is 1.97 bits per heavy atom. The third-order valence-electron chi connectivity index (χ3n) is 4.36. The van der Waals surface area contributed by atoms with Crippen LogP contribution in [0, 0.1) is 5.82 Å². The highest BCUT2D eigenvalue weighted by Gasteiger charge is 2.12. The second-order valence-corrected chi connectivity index (χ2v) is 6.50. The first-order valence-corrected chi connectivity index (χ1v) is 9.25. The number of oxazole rings is 1. The number of phenolic OH excluding ortho intramolecular Hbond substituents is 1. The van der Waals surface area contributed by atoms with Gasteiger partial charge < -0.3 is 20.2 Å². The molecule has 0 amide bonds. The van der Waals surface area contributed by atoms with E-state index in [1.54, 1.807) is 36.7 Å². The van der Waals surface area contributed by atoms with Gasteiger partial charge in [-0.3, -0.25) is 4.98 Å². The standard InChI is InChI=1S/C21H20FN5O2/c22-16-5-2-8-24-17(16)13-26-21-20-18(6-10-25-21)29-19(27-20)7-9-23-12-14-3-1-4-15(28)11-14/h1-6,8,10-11,23,28H,7,9,12-13H2,(H,25,26). The number of aromatic nitrogens is 3. The van der Waals surface area contributed by atoms with Gasteiger partial charge in [0.05, 0.1) is 12.2 Å². The molecule has 3 N–H and O–H groups in total. The quantitative estimate of drug-likeness (QED) is 0.395. The topological polar surface area (TPSA) is 96.1 Å². The fourth-order valence-electron chi connectivity index (χ4n) is 2.95. The van der Waals surface area contributed by atoms with Gasteiger partial charge in [-0.05, 0) is 29.8 Å². The van der Waals surface area contributed by atoms with E-state index < -0.39 is 0 Å². The highest BCUT2D eigenvalue weighted by atomic mass is 19.1. The highest BCUT2D eigenvalue weighted by Crippen LogP contribution is 2.22. The number of benzene rings is 1. The second kappa shape index (κ2) is 8.66. The summed E-state index contributed by atoms with van der Waals surface area (Å²) in [5, 5.41) is 15.9. The molecular formula is C21H20FN5O2. The van der Waals surface area contributed by atoms with E-state index in [4.69, 9.17) is 4.42 Å². The van der Waals surface area contributed by atoms with Gasteiger partial charge in [-0.1, -0.05) is 12.1 Å². The van der Waals surface area contributed by atoms with Gasteiger partial charge in [-0.25, -0.2) is 14.4 Å². The predicted octanol–water partition coefficient (Wildman–Crippen LogP) is 3.41. The van der Waals surface area contributed by atoms with E-state index >= 15 is 0 Å². The zero-order valence-corrected chi connectivity index (χ0v) is 15.6. The number of fused-ring (bicyclic) bond motifs is 1. The summed E-state index contributed by atoms with van der Waals surface area (Å²) in [4.78, 5) is 12.8. The van der Waals surface area contributed by atoms with Crippen LogP contribution in [0.2, 0.25) is 0 Å². The van der Waals surface area contributed by atoms with Crippen LogP contribution in [0.4, 0.5) is 10.2 Å². The van der Waals surface area contributed by atoms with Crippen molar-refractivity contribution in [3.63, 3.8) is 0 Å². The van der Waals surface area contributed by atoms with Crippen LogP contribution >= 0.6 is 0 Å². The summed E-state index contributed by atoms with van der Waals surface area (Å²) in [6.45, 7) is 1.50. The van der Waals surface area contributed by atoms with E-state index in [0.717, 1.165) is 5.56 Å². The van der Waals surface area contributed by atoms with Gasteiger partial charge in [0, 0.05) is 38.0 Å². The van der Waals surface area contributed by atoms with E-state index in [9.17, 15) is 9.50 Å². The number of phenols is 1. The number of hydrogen-bond donors (Lipinski definition) is 3. The normalized spacial score (nSPS) is 11.1. The highest BCUT2D eigenvalue weighted by molar-refractivity contribution is 5.83. The summed E-state index contributed by atoms with van der Waals surface area (Å²) < 4.78 is 19.5. The summed E-state index contributed by atoms with van der Waals surface area (Å²) in [5.41, 5.74) is 2.53. The van der Waals surface area contributed by atoms with E-state index in [1.807, 2.05) is 12.1 Å². The molecular weight excluding hydrogens is 373 g/mol. The number of hydrogen-bond acceptors (Lipinski definition) is 7. The van der Waals surface area contributed by atoms with E-state index in [2.05, 4.69) is 25.6 Å². The largest absolute Gasteiger partial charge is 0.508 e. The zero-order chi connectivity index (χ0) is 20.1. The van der Waals surface area contributed by atoms with Crippen molar-refractivity contribution >= 4 is 16.9 Å². The molecule has 0 aliphatic heterocycles. The van der Waals surface area contributed by atoms with Crippen molar-refractivity contribution in [1.82, 2.24) is 20.3 Å². The fourth-order valence-corrected chi connectivity index (χ4v) is 2.95. The maximum Gasteiger partial charge on any atom is 0.196 e. The van der Waals surface area contributed by atoms with Crippen LogP contribution in [0.15, 0.2) is 59.3 Å². The lowest BCUT2D eigenvalue weighted by Gasteiger charge is -2.05. The summed E-state index contributed by atoms with van der Waals surface area (Å²) >= 11 is 0. The number of pyridine rings is 2. The zero-order valence-electron chi connectivity index (χ0n) is 15.6. The van der Waals surface area contributed by atoms with Gasteiger partial charge in [-0.2, -0.15) is 0 Å². The number of rotatable bonds is 8. The molecule has 148 valence electrons. The average Bonchev–Trinajstić information content (AvgIpc) is 3.14.